The molecule has 0 saturated carbocycles. The molecule has 2 fully saturated rings. The maximum atomic E-state index is 12.9. The van der Waals surface area contributed by atoms with E-state index in [1.54, 1.807) is 35.4 Å². The molecule has 9 heteroatoms. The summed E-state index contributed by atoms with van der Waals surface area (Å²) in [7, 11) is -3.50. The average molecular weight is 431 g/mol. The third-order valence-corrected chi connectivity index (χ3v) is 7.47. The van der Waals surface area contributed by atoms with Gasteiger partial charge < -0.3 is 9.64 Å². The molecular formula is C21H26N4O4S. The van der Waals surface area contributed by atoms with E-state index >= 15 is 0 Å². The first-order chi connectivity index (χ1) is 14.5. The molecule has 0 aliphatic carbocycles. The molecule has 0 spiro atoms. The Bertz CT molecular complexity index is 960. The third kappa shape index (κ3) is 4.62. The molecule has 30 heavy (non-hydrogen) atoms. The second kappa shape index (κ2) is 9.09. The summed E-state index contributed by atoms with van der Waals surface area (Å²) in [6, 6.07) is 9.78. The zero-order valence-electron chi connectivity index (χ0n) is 16.8. The van der Waals surface area contributed by atoms with Gasteiger partial charge in [0.2, 0.25) is 15.9 Å². The van der Waals surface area contributed by atoms with Crippen LogP contribution in [-0.4, -0.2) is 66.0 Å². The number of ether oxygens (including phenoxy) is 1. The number of carbonyl (C=O) groups is 1. The highest BCUT2D eigenvalue weighted by molar-refractivity contribution is 7.89. The van der Waals surface area contributed by atoms with E-state index in [2.05, 4.69) is 10.2 Å². The van der Waals surface area contributed by atoms with Crippen LogP contribution in [0.5, 0.6) is 5.88 Å². The molecule has 2 aliphatic heterocycles. The molecule has 8 nitrogen and oxygen atoms in total. The highest BCUT2D eigenvalue weighted by Gasteiger charge is 2.28. The van der Waals surface area contributed by atoms with E-state index in [9.17, 15) is 13.2 Å². The lowest BCUT2D eigenvalue weighted by Gasteiger charge is -2.32. The normalized spacial score (nSPS) is 20.7. The number of benzene rings is 1. The Morgan fingerprint density at radius 2 is 1.77 bits per heavy atom. The summed E-state index contributed by atoms with van der Waals surface area (Å²) in [6.45, 7) is 2.23. The van der Waals surface area contributed by atoms with Crippen molar-refractivity contribution in [3.8, 4) is 5.88 Å². The first-order valence-electron chi connectivity index (χ1n) is 10.4. The van der Waals surface area contributed by atoms with Crippen molar-refractivity contribution in [2.24, 2.45) is 0 Å². The number of nitrogens with zero attached hydrogens (tertiary/aromatic N) is 4. The van der Waals surface area contributed by atoms with Gasteiger partial charge in [0.25, 0.3) is 5.91 Å². The fourth-order valence-corrected chi connectivity index (χ4v) is 5.46. The molecule has 2 saturated heterocycles. The zero-order chi connectivity index (χ0) is 21.0. The van der Waals surface area contributed by atoms with Gasteiger partial charge in [-0.1, -0.05) is 6.42 Å². The highest BCUT2D eigenvalue weighted by Crippen LogP contribution is 2.22. The van der Waals surface area contributed by atoms with E-state index in [4.69, 9.17) is 4.74 Å². The fourth-order valence-electron chi connectivity index (χ4n) is 3.95. The van der Waals surface area contributed by atoms with Crippen molar-refractivity contribution in [2.75, 3.05) is 26.2 Å². The lowest BCUT2D eigenvalue weighted by Crippen LogP contribution is -2.44. The summed E-state index contributed by atoms with van der Waals surface area (Å²) < 4.78 is 33.0. The predicted octanol–water partition coefficient (Wildman–Crippen LogP) is 2.33. The summed E-state index contributed by atoms with van der Waals surface area (Å²) in [5.41, 5.74) is 0.479. The van der Waals surface area contributed by atoms with Crippen LogP contribution in [0.25, 0.3) is 0 Å². The largest absolute Gasteiger partial charge is 0.471 e. The van der Waals surface area contributed by atoms with Gasteiger partial charge in [-0.2, -0.15) is 9.40 Å². The Hall–Kier alpha value is -2.52. The molecule has 0 N–H and O–H groups in total. The lowest BCUT2D eigenvalue weighted by molar-refractivity contribution is 0.0525. The van der Waals surface area contributed by atoms with Crippen LogP contribution in [0.4, 0.5) is 0 Å². The summed E-state index contributed by atoms with van der Waals surface area (Å²) in [5.74, 6) is 0.327. The number of sulfonamides is 1. The molecule has 1 aromatic heterocycles. The van der Waals surface area contributed by atoms with E-state index in [0.29, 0.717) is 37.6 Å². The van der Waals surface area contributed by atoms with Crippen LogP contribution in [-0.2, 0) is 10.0 Å². The van der Waals surface area contributed by atoms with Crippen molar-refractivity contribution in [3.05, 3.63) is 48.2 Å². The maximum absolute atomic E-state index is 12.9. The number of likely N-dealkylation sites (tertiary alicyclic amines) is 1. The van der Waals surface area contributed by atoms with Crippen LogP contribution in [0, 0.1) is 0 Å². The van der Waals surface area contributed by atoms with Gasteiger partial charge in [0.15, 0.2) is 0 Å². The van der Waals surface area contributed by atoms with Crippen molar-refractivity contribution in [1.82, 2.24) is 19.4 Å². The summed E-state index contributed by atoms with van der Waals surface area (Å²) in [6.07, 6.45) is 5.96. The van der Waals surface area contributed by atoms with Crippen molar-refractivity contribution in [1.29, 1.82) is 0 Å². The smallest absolute Gasteiger partial charge is 0.253 e. The molecule has 0 radical (unpaired) electrons. The molecule has 1 unspecified atom stereocenters. The van der Waals surface area contributed by atoms with E-state index < -0.39 is 10.0 Å². The maximum Gasteiger partial charge on any atom is 0.253 e. The minimum atomic E-state index is -3.50. The summed E-state index contributed by atoms with van der Waals surface area (Å²) in [4.78, 5) is 14.9. The summed E-state index contributed by atoms with van der Waals surface area (Å²) >= 11 is 0. The van der Waals surface area contributed by atoms with E-state index in [-0.39, 0.29) is 16.9 Å². The first kappa shape index (κ1) is 20.7. The van der Waals surface area contributed by atoms with Crippen molar-refractivity contribution >= 4 is 15.9 Å². The Morgan fingerprint density at radius 1 is 1.00 bits per heavy atom. The number of piperidine rings is 2. The van der Waals surface area contributed by atoms with Gasteiger partial charge in [-0.05, 0) is 56.0 Å². The van der Waals surface area contributed by atoms with Crippen LogP contribution in [0.1, 0.15) is 42.5 Å². The van der Waals surface area contributed by atoms with Gasteiger partial charge >= 0.3 is 0 Å². The van der Waals surface area contributed by atoms with Gasteiger partial charge in [-0.25, -0.2) is 8.42 Å². The van der Waals surface area contributed by atoms with Crippen molar-refractivity contribution in [2.45, 2.75) is 43.1 Å². The minimum Gasteiger partial charge on any atom is -0.471 e. The molecule has 3 heterocycles. The van der Waals surface area contributed by atoms with Gasteiger partial charge in [0.05, 0.1) is 11.4 Å². The van der Waals surface area contributed by atoms with E-state index in [1.807, 2.05) is 0 Å². The monoisotopic (exact) mass is 430 g/mol. The molecule has 1 atom stereocenters. The molecular weight excluding hydrogens is 404 g/mol. The van der Waals surface area contributed by atoms with Crippen molar-refractivity contribution < 1.29 is 17.9 Å². The van der Waals surface area contributed by atoms with Crippen LogP contribution in [0.3, 0.4) is 0 Å². The van der Waals surface area contributed by atoms with Crippen LogP contribution in [0.15, 0.2) is 47.5 Å². The standard InChI is InChI=1S/C21H26N4O4S/c26-21(24-13-5-6-18(16-24)29-20-7-4-12-22-23-20)17-8-10-19(11-9-17)30(27,28)25-14-2-1-3-15-25/h4,7-12,18H,1-3,5-6,13-16H2. The Morgan fingerprint density at radius 3 is 2.47 bits per heavy atom. The number of hydrogen-bond acceptors (Lipinski definition) is 6. The Labute approximate surface area is 176 Å². The number of rotatable bonds is 5. The number of amides is 1. The number of carbonyl (C=O) groups excluding carboxylic acids is 1. The second-order valence-corrected chi connectivity index (χ2v) is 9.62. The minimum absolute atomic E-state index is 0.121. The van der Waals surface area contributed by atoms with Crippen LogP contribution in [0.2, 0.25) is 0 Å². The highest BCUT2D eigenvalue weighted by atomic mass is 32.2. The van der Waals surface area contributed by atoms with Gasteiger partial charge in [0.1, 0.15) is 6.10 Å². The average Bonchev–Trinajstić information content (AvgIpc) is 2.80. The SMILES string of the molecule is O=C(c1ccc(S(=O)(=O)N2CCCCC2)cc1)N1CCCC(Oc2cccnn2)C1. The molecule has 2 aromatic rings. The van der Waals surface area contributed by atoms with E-state index in [1.165, 1.54) is 16.4 Å². The van der Waals surface area contributed by atoms with E-state index in [0.717, 1.165) is 32.1 Å². The number of aromatic nitrogens is 2. The van der Waals surface area contributed by atoms with Gasteiger partial charge in [0, 0.05) is 37.5 Å². The topological polar surface area (TPSA) is 92.7 Å². The zero-order valence-corrected chi connectivity index (χ0v) is 17.6. The summed E-state index contributed by atoms with van der Waals surface area (Å²) in [5, 5.41) is 7.74. The molecule has 2 aliphatic rings. The van der Waals surface area contributed by atoms with Crippen LogP contribution < -0.4 is 4.74 Å². The number of hydrogen-bond donors (Lipinski definition) is 0. The lowest BCUT2D eigenvalue weighted by atomic mass is 10.1. The second-order valence-electron chi connectivity index (χ2n) is 7.68. The van der Waals surface area contributed by atoms with Crippen LogP contribution >= 0.6 is 0 Å². The first-order valence-corrected chi connectivity index (χ1v) is 11.8. The molecule has 160 valence electrons. The Kier molecular flexibility index (Phi) is 6.29. The molecule has 4 rings (SSSR count). The molecule has 1 aromatic carbocycles. The fraction of sp³-hybridized carbons (Fsp3) is 0.476. The Balaban J connectivity index is 1.41. The quantitative estimate of drug-likeness (QED) is 0.723. The molecule has 0 bridgehead atoms. The molecule has 1 amide bonds. The van der Waals surface area contributed by atoms with Gasteiger partial charge in [-0.15, -0.1) is 5.10 Å². The van der Waals surface area contributed by atoms with Crippen molar-refractivity contribution in [3.63, 3.8) is 0 Å². The predicted molar refractivity (Wildman–Crippen MR) is 111 cm³/mol. The third-order valence-electron chi connectivity index (χ3n) is 5.55. The van der Waals surface area contributed by atoms with Gasteiger partial charge in [-0.3, -0.25) is 4.79 Å².